The zero-order chi connectivity index (χ0) is 21.6. The first kappa shape index (κ1) is 25.5. The van der Waals surface area contributed by atoms with Gasteiger partial charge in [-0.05, 0) is 43.6 Å². The molecule has 1 aromatic heterocycles. The number of hydrogen-bond donors (Lipinski definition) is 2. The summed E-state index contributed by atoms with van der Waals surface area (Å²) in [6, 6.07) is 8.60. The normalized spacial score (nSPS) is 16.0. The summed E-state index contributed by atoms with van der Waals surface area (Å²) in [6.07, 6.45) is 4.29. The largest absolute Gasteiger partial charge is 0.497 e. The molecule has 1 aliphatic rings. The average molecular weight is 541 g/mol. The van der Waals surface area contributed by atoms with E-state index in [2.05, 4.69) is 64.5 Å². The summed E-state index contributed by atoms with van der Waals surface area (Å²) in [4.78, 5) is 11.3. The van der Waals surface area contributed by atoms with E-state index in [1.807, 2.05) is 6.07 Å². The smallest absolute Gasteiger partial charge is 0.213 e. The van der Waals surface area contributed by atoms with E-state index in [0.717, 1.165) is 37.1 Å². The zero-order valence-electron chi connectivity index (χ0n) is 19.3. The molecule has 1 unspecified atom stereocenters. The first-order chi connectivity index (χ1) is 14.4. The lowest BCUT2D eigenvalue weighted by Gasteiger charge is -2.29. The summed E-state index contributed by atoms with van der Waals surface area (Å²) in [5.74, 6) is 3.16. The van der Waals surface area contributed by atoms with Crippen LogP contribution in [0.25, 0.3) is 0 Å². The number of benzene rings is 1. The van der Waals surface area contributed by atoms with Gasteiger partial charge in [0.15, 0.2) is 5.96 Å². The quantitative estimate of drug-likeness (QED) is 0.313. The zero-order valence-corrected chi connectivity index (χ0v) is 21.6. The van der Waals surface area contributed by atoms with Gasteiger partial charge in [-0.2, -0.15) is 0 Å². The van der Waals surface area contributed by atoms with Crippen LogP contribution < -0.4 is 15.4 Å². The maximum Gasteiger partial charge on any atom is 0.213 e. The number of hydrogen-bond acceptors (Lipinski definition) is 5. The fourth-order valence-corrected chi connectivity index (χ4v) is 3.67. The second-order valence-electron chi connectivity index (χ2n) is 8.71. The van der Waals surface area contributed by atoms with Gasteiger partial charge in [0.25, 0.3) is 0 Å². The molecule has 2 N–H and O–H groups in total. The van der Waals surface area contributed by atoms with E-state index < -0.39 is 0 Å². The SMILES string of the molecule is CN=C(NCc1ncc(C(C)(C)C)o1)NCC(c1cccc(OC)c1)N1CCCC1.I. The first-order valence-electron chi connectivity index (χ1n) is 10.7. The molecule has 8 heteroatoms. The number of guanidine groups is 1. The standard InChI is InChI=1S/C23H35N5O2.HI/c1-23(2,3)20-15-25-21(30-20)16-27-22(24-4)26-14-19(28-11-6-7-12-28)17-9-8-10-18(13-17)29-5;/h8-10,13,15,19H,6-7,11-12,14,16H2,1-5H3,(H2,24,26,27);1H. The van der Waals surface area contributed by atoms with Crippen molar-refractivity contribution < 1.29 is 9.15 Å². The van der Waals surface area contributed by atoms with Gasteiger partial charge in [-0.3, -0.25) is 9.89 Å². The highest BCUT2D eigenvalue weighted by Crippen LogP contribution is 2.27. The molecule has 2 heterocycles. The second kappa shape index (κ2) is 11.7. The van der Waals surface area contributed by atoms with Crippen molar-refractivity contribution in [1.29, 1.82) is 0 Å². The number of ether oxygens (including phenoxy) is 1. The molecule has 1 saturated heterocycles. The van der Waals surface area contributed by atoms with Crippen LogP contribution in [0.2, 0.25) is 0 Å². The minimum Gasteiger partial charge on any atom is -0.497 e. The third kappa shape index (κ3) is 7.10. The van der Waals surface area contributed by atoms with Gasteiger partial charge >= 0.3 is 0 Å². The molecule has 7 nitrogen and oxygen atoms in total. The van der Waals surface area contributed by atoms with Crippen LogP contribution in [0.3, 0.4) is 0 Å². The van der Waals surface area contributed by atoms with Gasteiger partial charge in [0.05, 0.1) is 25.9 Å². The van der Waals surface area contributed by atoms with E-state index in [4.69, 9.17) is 9.15 Å². The Labute approximate surface area is 203 Å². The maximum absolute atomic E-state index is 5.87. The van der Waals surface area contributed by atoms with Crippen molar-refractivity contribution in [3.8, 4) is 5.75 Å². The molecule has 1 aliphatic heterocycles. The third-order valence-electron chi connectivity index (χ3n) is 5.45. The molecule has 1 aromatic carbocycles. The Bertz CT molecular complexity index is 840. The second-order valence-corrected chi connectivity index (χ2v) is 8.71. The van der Waals surface area contributed by atoms with Gasteiger partial charge in [0.1, 0.15) is 11.5 Å². The molecular weight excluding hydrogens is 505 g/mol. The molecule has 3 rings (SSSR count). The highest BCUT2D eigenvalue weighted by Gasteiger charge is 2.24. The number of likely N-dealkylation sites (tertiary alicyclic amines) is 1. The van der Waals surface area contributed by atoms with Crippen LogP contribution in [0.5, 0.6) is 5.75 Å². The van der Waals surface area contributed by atoms with Crippen LogP contribution in [0.1, 0.15) is 56.9 Å². The van der Waals surface area contributed by atoms with Gasteiger partial charge < -0.3 is 19.8 Å². The lowest BCUT2D eigenvalue weighted by atomic mass is 9.94. The third-order valence-corrected chi connectivity index (χ3v) is 5.45. The highest BCUT2D eigenvalue weighted by molar-refractivity contribution is 14.0. The van der Waals surface area contributed by atoms with Crippen molar-refractivity contribution in [2.75, 3.05) is 33.8 Å². The molecule has 1 atom stereocenters. The fourth-order valence-electron chi connectivity index (χ4n) is 3.67. The van der Waals surface area contributed by atoms with Crippen LogP contribution in [-0.2, 0) is 12.0 Å². The van der Waals surface area contributed by atoms with Gasteiger partial charge in [-0.15, -0.1) is 24.0 Å². The molecule has 172 valence electrons. The maximum atomic E-state index is 5.87. The Kier molecular flexibility index (Phi) is 9.61. The van der Waals surface area contributed by atoms with Crippen molar-refractivity contribution in [1.82, 2.24) is 20.5 Å². The number of oxazole rings is 1. The van der Waals surface area contributed by atoms with Crippen LogP contribution in [0.4, 0.5) is 0 Å². The van der Waals surface area contributed by atoms with Gasteiger partial charge in [0.2, 0.25) is 5.89 Å². The van der Waals surface area contributed by atoms with E-state index in [0.29, 0.717) is 12.4 Å². The Hall–Kier alpha value is -1.81. The molecule has 0 saturated carbocycles. The van der Waals surface area contributed by atoms with Crippen LogP contribution in [0, 0.1) is 0 Å². The Balaban J connectivity index is 0.00000341. The number of nitrogens with one attached hydrogen (secondary N) is 2. The molecule has 0 spiro atoms. The number of halogens is 1. The summed E-state index contributed by atoms with van der Waals surface area (Å²) in [5.41, 5.74) is 1.20. The topological polar surface area (TPSA) is 74.9 Å². The molecule has 0 radical (unpaired) electrons. The van der Waals surface area contributed by atoms with E-state index in [9.17, 15) is 0 Å². The predicted octanol–water partition coefficient (Wildman–Crippen LogP) is 4.10. The molecule has 0 aliphatic carbocycles. The van der Waals surface area contributed by atoms with Gasteiger partial charge in [0, 0.05) is 19.0 Å². The van der Waals surface area contributed by atoms with E-state index in [1.54, 1.807) is 20.4 Å². The van der Waals surface area contributed by atoms with Crippen LogP contribution >= 0.6 is 24.0 Å². The van der Waals surface area contributed by atoms with Crippen molar-refractivity contribution >= 4 is 29.9 Å². The fraction of sp³-hybridized carbons (Fsp3) is 0.565. The number of nitrogens with zero attached hydrogens (tertiary/aromatic N) is 3. The monoisotopic (exact) mass is 541 g/mol. The highest BCUT2D eigenvalue weighted by atomic mass is 127. The Morgan fingerprint density at radius 1 is 1.26 bits per heavy atom. The van der Waals surface area contributed by atoms with Crippen LogP contribution in [-0.4, -0.2) is 49.6 Å². The van der Waals surface area contributed by atoms with Crippen molar-refractivity contribution in [3.63, 3.8) is 0 Å². The molecule has 1 fully saturated rings. The Morgan fingerprint density at radius 2 is 2.00 bits per heavy atom. The molecular formula is C23H36IN5O2. The summed E-state index contributed by atoms with van der Waals surface area (Å²) < 4.78 is 11.3. The lowest BCUT2D eigenvalue weighted by Crippen LogP contribution is -2.42. The van der Waals surface area contributed by atoms with Crippen molar-refractivity contribution in [3.05, 3.63) is 47.7 Å². The lowest BCUT2D eigenvalue weighted by molar-refractivity contribution is 0.245. The number of rotatable bonds is 7. The van der Waals surface area contributed by atoms with E-state index >= 15 is 0 Å². The summed E-state index contributed by atoms with van der Waals surface area (Å²) in [6.45, 7) is 9.81. The first-order valence-corrected chi connectivity index (χ1v) is 10.7. The Morgan fingerprint density at radius 3 is 2.61 bits per heavy atom. The molecule has 0 amide bonds. The molecule has 31 heavy (non-hydrogen) atoms. The van der Waals surface area contributed by atoms with Crippen molar-refractivity contribution in [2.24, 2.45) is 4.99 Å². The molecule has 2 aromatic rings. The number of aliphatic imine (C=N–C) groups is 1. The molecule has 0 bridgehead atoms. The minimum absolute atomic E-state index is 0. The summed E-state index contributed by atoms with van der Waals surface area (Å²) in [7, 11) is 3.49. The van der Waals surface area contributed by atoms with Crippen molar-refractivity contribution in [2.45, 2.75) is 51.6 Å². The van der Waals surface area contributed by atoms with Crippen LogP contribution in [0.15, 0.2) is 39.9 Å². The van der Waals surface area contributed by atoms with Gasteiger partial charge in [-0.25, -0.2) is 4.98 Å². The number of methoxy groups -OCH3 is 1. The number of aromatic nitrogens is 1. The average Bonchev–Trinajstić information content (AvgIpc) is 3.42. The van der Waals surface area contributed by atoms with E-state index in [-0.39, 0.29) is 35.4 Å². The van der Waals surface area contributed by atoms with Gasteiger partial charge in [-0.1, -0.05) is 32.9 Å². The summed E-state index contributed by atoms with van der Waals surface area (Å²) >= 11 is 0. The van der Waals surface area contributed by atoms with E-state index in [1.165, 1.54) is 18.4 Å². The predicted molar refractivity (Wildman–Crippen MR) is 135 cm³/mol. The summed E-state index contributed by atoms with van der Waals surface area (Å²) in [5, 5.41) is 6.79. The minimum atomic E-state index is -0.0507.